The molecule has 0 radical (unpaired) electrons. The van der Waals surface area contributed by atoms with E-state index in [4.69, 9.17) is 5.73 Å². The number of nitrogens with one attached hydrogen (secondary N) is 1. The van der Waals surface area contributed by atoms with E-state index in [2.05, 4.69) is 10.2 Å². The van der Waals surface area contributed by atoms with Crippen molar-refractivity contribution in [2.24, 2.45) is 17.6 Å². The molecule has 1 aromatic carbocycles. The third-order valence-corrected chi connectivity index (χ3v) is 4.95. The molecule has 3 rings (SSSR count). The topological polar surface area (TPSA) is 58.4 Å². The van der Waals surface area contributed by atoms with E-state index in [-0.39, 0.29) is 18.5 Å². The summed E-state index contributed by atoms with van der Waals surface area (Å²) in [5, 5.41) is 2.96. The van der Waals surface area contributed by atoms with Gasteiger partial charge in [0, 0.05) is 30.7 Å². The Morgan fingerprint density at radius 3 is 2.52 bits per heavy atom. The van der Waals surface area contributed by atoms with Gasteiger partial charge in [-0.15, -0.1) is 0 Å². The van der Waals surface area contributed by atoms with Crippen molar-refractivity contribution >= 4 is 11.6 Å². The summed E-state index contributed by atoms with van der Waals surface area (Å²) < 4.78 is 37.9. The highest BCUT2D eigenvalue weighted by atomic mass is 19.4. The van der Waals surface area contributed by atoms with E-state index in [1.807, 2.05) is 0 Å². The fraction of sp³-hybridized carbons (Fsp3) is 0.562. The van der Waals surface area contributed by atoms with E-state index in [9.17, 15) is 18.0 Å². The maximum atomic E-state index is 12.6. The lowest BCUT2D eigenvalue weighted by Gasteiger charge is -2.23. The largest absolute Gasteiger partial charge is 0.416 e. The van der Waals surface area contributed by atoms with Crippen molar-refractivity contribution in [2.75, 3.05) is 24.5 Å². The summed E-state index contributed by atoms with van der Waals surface area (Å²) >= 11 is 0. The molecular weight excluding hydrogens is 307 g/mol. The molecule has 1 saturated carbocycles. The highest BCUT2D eigenvalue weighted by molar-refractivity contribution is 5.78. The standard InChI is InChI=1S/C16H20F3N3O/c17-16(18,19)11-2-4-12(5-3-11)22-8-10-1-6-14(13(10)9-22)21-15(23)7-20/h2-5,10,13-14H,1,6-9,20H2,(H,21,23)/t10-,13+,14+/m1/s1. The molecule has 1 aliphatic heterocycles. The first-order valence-corrected chi connectivity index (χ1v) is 7.80. The Balaban J connectivity index is 1.67. The van der Waals surface area contributed by atoms with Crippen LogP contribution in [0.5, 0.6) is 0 Å². The number of amides is 1. The smallest absolute Gasteiger partial charge is 0.371 e. The molecule has 3 atom stereocenters. The zero-order chi connectivity index (χ0) is 16.6. The number of fused-ring (bicyclic) bond motifs is 1. The summed E-state index contributed by atoms with van der Waals surface area (Å²) in [7, 11) is 0. The second kappa shape index (κ2) is 6.03. The minimum atomic E-state index is -4.31. The van der Waals surface area contributed by atoms with Crippen LogP contribution in [0.15, 0.2) is 24.3 Å². The predicted molar refractivity (Wildman–Crippen MR) is 80.9 cm³/mol. The van der Waals surface area contributed by atoms with Crippen LogP contribution in [0.2, 0.25) is 0 Å². The van der Waals surface area contributed by atoms with Gasteiger partial charge >= 0.3 is 6.18 Å². The van der Waals surface area contributed by atoms with Gasteiger partial charge in [-0.25, -0.2) is 0 Å². The number of anilines is 1. The van der Waals surface area contributed by atoms with Crippen molar-refractivity contribution in [1.82, 2.24) is 5.32 Å². The molecule has 1 saturated heterocycles. The van der Waals surface area contributed by atoms with Gasteiger partial charge in [-0.05, 0) is 43.0 Å². The lowest BCUT2D eigenvalue weighted by Crippen LogP contribution is -2.42. The van der Waals surface area contributed by atoms with Crippen LogP contribution in [-0.4, -0.2) is 31.6 Å². The average molecular weight is 327 g/mol. The molecular formula is C16H20F3N3O. The first-order valence-electron chi connectivity index (χ1n) is 7.80. The van der Waals surface area contributed by atoms with Crippen LogP contribution in [0.1, 0.15) is 18.4 Å². The Hall–Kier alpha value is -1.76. The minimum absolute atomic E-state index is 0.0174. The number of hydrogen-bond acceptors (Lipinski definition) is 3. The number of carbonyl (C=O) groups excluding carboxylic acids is 1. The van der Waals surface area contributed by atoms with Crippen LogP contribution in [0.25, 0.3) is 0 Å². The fourth-order valence-electron chi connectivity index (χ4n) is 3.78. The Bertz CT molecular complexity index is 573. The van der Waals surface area contributed by atoms with E-state index in [0.717, 1.165) is 43.8 Å². The van der Waals surface area contributed by atoms with Crippen LogP contribution in [0, 0.1) is 11.8 Å². The second-order valence-electron chi connectivity index (χ2n) is 6.33. The third kappa shape index (κ3) is 3.29. The van der Waals surface area contributed by atoms with Gasteiger partial charge in [-0.3, -0.25) is 4.79 Å². The molecule has 0 bridgehead atoms. The quantitative estimate of drug-likeness (QED) is 0.893. The van der Waals surface area contributed by atoms with Crippen LogP contribution >= 0.6 is 0 Å². The molecule has 1 heterocycles. The average Bonchev–Trinajstić information content (AvgIpc) is 3.08. The van der Waals surface area contributed by atoms with Crippen molar-refractivity contribution in [3.05, 3.63) is 29.8 Å². The first-order chi connectivity index (χ1) is 10.9. The van der Waals surface area contributed by atoms with Crippen LogP contribution < -0.4 is 16.0 Å². The lowest BCUT2D eigenvalue weighted by atomic mass is 9.98. The highest BCUT2D eigenvalue weighted by Gasteiger charge is 2.43. The Labute approximate surface area is 132 Å². The number of rotatable bonds is 3. The molecule has 23 heavy (non-hydrogen) atoms. The van der Waals surface area contributed by atoms with E-state index in [0.29, 0.717) is 11.8 Å². The number of halogens is 3. The number of nitrogens with zero attached hydrogens (tertiary/aromatic N) is 1. The van der Waals surface area contributed by atoms with Gasteiger partial charge in [0.25, 0.3) is 0 Å². The number of benzene rings is 1. The summed E-state index contributed by atoms with van der Waals surface area (Å²) in [4.78, 5) is 13.6. The van der Waals surface area contributed by atoms with Gasteiger partial charge in [-0.1, -0.05) is 0 Å². The molecule has 0 spiro atoms. The Morgan fingerprint density at radius 1 is 1.22 bits per heavy atom. The zero-order valence-electron chi connectivity index (χ0n) is 12.6. The molecule has 1 amide bonds. The van der Waals surface area contributed by atoms with Gasteiger partial charge in [0.2, 0.25) is 5.91 Å². The number of hydrogen-bond donors (Lipinski definition) is 2. The summed E-state index contributed by atoms with van der Waals surface area (Å²) in [5.74, 6) is 0.664. The van der Waals surface area contributed by atoms with Gasteiger partial charge < -0.3 is 16.0 Å². The Morgan fingerprint density at radius 2 is 1.91 bits per heavy atom. The molecule has 2 fully saturated rings. The maximum absolute atomic E-state index is 12.6. The van der Waals surface area contributed by atoms with Crippen molar-refractivity contribution in [3.8, 4) is 0 Å². The molecule has 3 N–H and O–H groups in total. The molecule has 126 valence electrons. The molecule has 0 unspecified atom stereocenters. The van der Waals surface area contributed by atoms with Gasteiger partial charge in [0.15, 0.2) is 0 Å². The SMILES string of the molecule is NCC(=O)N[C@H]1CC[C@@H]2CN(c3ccc(C(F)(F)F)cc3)C[C@@H]21. The van der Waals surface area contributed by atoms with Gasteiger partial charge in [0.05, 0.1) is 12.1 Å². The molecule has 0 aromatic heterocycles. The lowest BCUT2D eigenvalue weighted by molar-refractivity contribution is -0.137. The molecule has 7 heteroatoms. The molecule has 1 aliphatic carbocycles. The zero-order valence-corrected chi connectivity index (χ0v) is 12.6. The number of nitrogens with two attached hydrogens (primary N) is 1. The van der Waals surface area contributed by atoms with Crippen LogP contribution in [0.4, 0.5) is 18.9 Å². The summed E-state index contributed by atoms with van der Waals surface area (Å²) in [6.07, 6.45) is -2.34. The second-order valence-corrected chi connectivity index (χ2v) is 6.33. The van der Waals surface area contributed by atoms with E-state index < -0.39 is 11.7 Å². The third-order valence-electron chi connectivity index (χ3n) is 4.95. The minimum Gasteiger partial charge on any atom is -0.371 e. The Kier molecular flexibility index (Phi) is 4.23. The van der Waals surface area contributed by atoms with Crippen molar-refractivity contribution < 1.29 is 18.0 Å². The first kappa shape index (κ1) is 16.1. The van der Waals surface area contributed by atoms with Crippen LogP contribution in [0.3, 0.4) is 0 Å². The monoisotopic (exact) mass is 327 g/mol. The number of carbonyl (C=O) groups is 1. The summed E-state index contributed by atoms with van der Waals surface area (Å²) in [6.45, 7) is 1.56. The van der Waals surface area contributed by atoms with Crippen molar-refractivity contribution in [2.45, 2.75) is 25.1 Å². The van der Waals surface area contributed by atoms with Crippen molar-refractivity contribution in [3.63, 3.8) is 0 Å². The van der Waals surface area contributed by atoms with E-state index in [1.54, 1.807) is 0 Å². The molecule has 2 aliphatic rings. The molecule has 1 aromatic rings. The summed E-state index contributed by atoms with van der Waals surface area (Å²) in [6, 6.07) is 5.42. The van der Waals surface area contributed by atoms with Gasteiger partial charge in [-0.2, -0.15) is 13.2 Å². The summed E-state index contributed by atoms with van der Waals surface area (Å²) in [5.41, 5.74) is 5.51. The molecule has 4 nitrogen and oxygen atoms in total. The van der Waals surface area contributed by atoms with Gasteiger partial charge in [0.1, 0.15) is 0 Å². The highest BCUT2D eigenvalue weighted by Crippen LogP contribution is 2.40. The normalized spacial score (nSPS) is 27.1. The number of alkyl halides is 3. The van der Waals surface area contributed by atoms with Crippen molar-refractivity contribution in [1.29, 1.82) is 0 Å². The van der Waals surface area contributed by atoms with E-state index >= 15 is 0 Å². The predicted octanol–water partition coefficient (Wildman–Crippen LogP) is 2.00. The van der Waals surface area contributed by atoms with Crippen LogP contribution in [-0.2, 0) is 11.0 Å². The fourth-order valence-corrected chi connectivity index (χ4v) is 3.78. The maximum Gasteiger partial charge on any atom is 0.416 e. The van der Waals surface area contributed by atoms with E-state index in [1.165, 1.54) is 12.1 Å².